The van der Waals surface area contributed by atoms with Crippen LogP contribution in [0.1, 0.15) is 13.8 Å². The van der Waals surface area contributed by atoms with E-state index in [1.54, 1.807) is 23.7 Å². The highest BCUT2D eigenvalue weighted by molar-refractivity contribution is 7.25. The Labute approximate surface area is 127 Å². The van der Waals surface area contributed by atoms with Gasteiger partial charge < -0.3 is 9.80 Å². The first-order valence-electron chi connectivity index (χ1n) is 6.99. The van der Waals surface area contributed by atoms with Gasteiger partial charge in [0.1, 0.15) is 20.6 Å². The van der Waals surface area contributed by atoms with E-state index in [0.717, 1.165) is 39.5 Å². The van der Waals surface area contributed by atoms with Crippen LogP contribution in [0, 0.1) is 0 Å². The van der Waals surface area contributed by atoms with Gasteiger partial charge in [-0.3, -0.25) is 0 Å². The molecule has 3 aromatic heterocycles. The van der Waals surface area contributed by atoms with Gasteiger partial charge >= 0.3 is 0 Å². The SMILES string of the molecule is CCN(CC)c1nc(N(C)C)nc2c1sc1nccnc12. The molecule has 0 amide bonds. The van der Waals surface area contributed by atoms with Crippen molar-refractivity contribution >= 4 is 43.7 Å². The Bertz CT molecular complexity index is 778. The van der Waals surface area contributed by atoms with Gasteiger partial charge in [0.05, 0.1) is 0 Å². The molecule has 6 nitrogen and oxygen atoms in total. The number of thiophene rings is 1. The number of anilines is 2. The number of aromatic nitrogens is 4. The summed E-state index contributed by atoms with van der Waals surface area (Å²) in [4.78, 5) is 23.3. The molecule has 0 unspecified atom stereocenters. The molecule has 0 aromatic carbocycles. The van der Waals surface area contributed by atoms with E-state index >= 15 is 0 Å². The maximum Gasteiger partial charge on any atom is 0.227 e. The molecule has 3 rings (SSSR count). The minimum absolute atomic E-state index is 0.703. The van der Waals surface area contributed by atoms with Gasteiger partial charge in [-0.25, -0.2) is 15.0 Å². The summed E-state index contributed by atoms with van der Waals surface area (Å²) in [5.41, 5.74) is 1.75. The summed E-state index contributed by atoms with van der Waals surface area (Å²) >= 11 is 1.61. The molecule has 0 spiro atoms. The second-order valence-corrected chi connectivity index (χ2v) is 5.90. The summed E-state index contributed by atoms with van der Waals surface area (Å²) in [5.74, 6) is 1.67. The number of hydrogen-bond donors (Lipinski definition) is 0. The van der Waals surface area contributed by atoms with Crippen molar-refractivity contribution in [3.05, 3.63) is 12.4 Å². The number of fused-ring (bicyclic) bond motifs is 3. The minimum atomic E-state index is 0.703. The van der Waals surface area contributed by atoms with Gasteiger partial charge in [0, 0.05) is 39.6 Å². The van der Waals surface area contributed by atoms with Crippen LogP contribution < -0.4 is 9.80 Å². The van der Waals surface area contributed by atoms with Crippen LogP contribution in [0.4, 0.5) is 11.8 Å². The van der Waals surface area contributed by atoms with E-state index in [2.05, 4.69) is 33.7 Å². The summed E-state index contributed by atoms with van der Waals surface area (Å²) in [7, 11) is 3.90. The van der Waals surface area contributed by atoms with E-state index in [1.165, 1.54) is 0 Å². The molecule has 0 N–H and O–H groups in total. The fourth-order valence-electron chi connectivity index (χ4n) is 2.28. The van der Waals surface area contributed by atoms with Crippen LogP contribution in [0.25, 0.3) is 20.6 Å². The van der Waals surface area contributed by atoms with Crippen molar-refractivity contribution in [3.63, 3.8) is 0 Å². The summed E-state index contributed by atoms with van der Waals surface area (Å²) in [5, 5.41) is 0. The molecule has 7 heteroatoms. The maximum atomic E-state index is 4.73. The molecule has 21 heavy (non-hydrogen) atoms. The maximum absolute atomic E-state index is 4.73. The van der Waals surface area contributed by atoms with Crippen molar-refractivity contribution in [1.82, 2.24) is 19.9 Å². The first-order valence-corrected chi connectivity index (χ1v) is 7.80. The molecular formula is C14H18N6S. The minimum Gasteiger partial charge on any atom is -0.356 e. The molecule has 0 atom stereocenters. The average molecular weight is 302 g/mol. The Morgan fingerprint density at radius 1 is 1.00 bits per heavy atom. The van der Waals surface area contributed by atoms with Crippen LogP contribution in [0.5, 0.6) is 0 Å². The zero-order valence-electron chi connectivity index (χ0n) is 12.7. The van der Waals surface area contributed by atoms with E-state index in [-0.39, 0.29) is 0 Å². The van der Waals surface area contributed by atoms with Crippen LogP contribution in [-0.2, 0) is 0 Å². The van der Waals surface area contributed by atoms with Gasteiger partial charge in [0.15, 0.2) is 5.82 Å². The van der Waals surface area contributed by atoms with E-state index < -0.39 is 0 Å². The zero-order valence-corrected chi connectivity index (χ0v) is 13.5. The fourth-order valence-corrected chi connectivity index (χ4v) is 3.34. The third-order valence-electron chi connectivity index (χ3n) is 3.39. The zero-order chi connectivity index (χ0) is 15.0. The summed E-state index contributed by atoms with van der Waals surface area (Å²) in [6, 6.07) is 0. The van der Waals surface area contributed by atoms with Crippen LogP contribution in [0.2, 0.25) is 0 Å². The Hall–Kier alpha value is -2.02. The van der Waals surface area contributed by atoms with E-state index in [4.69, 9.17) is 4.98 Å². The van der Waals surface area contributed by atoms with Crippen molar-refractivity contribution in [2.75, 3.05) is 37.0 Å². The Balaban J connectivity index is 2.38. The van der Waals surface area contributed by atoms with Crippen molar-refractivity contribution in [2.24, 2.45) is 0 Å². The number of hydrogen-bond acceptors (Lipinski definition) is 7. The standard InChI is InChI=1S/C14H18N6S/c1-5-20(6-2)12-11-9(17-14(18-12)19(3)4)10-13(21-11)16-8-7-15-10/h7-8H,5-6H2,1-4H3. The molecule has 0 aliphatic carbocycles. The molecular weight excluding hydrogens is 284 g/mol. The fraction of sp³-hybridized carbons (Fsp3) is 0.429. The van der Waals surface area contributed by atoms with Crippen LogP contribution in [0.15, 0.2) is 12.4 Å². The Morgan fingerprint density at radius 3 is 2.38 bits per heavy atom. The molecule has 110 valence electrons. The first-order chi connectivity index (χ1) is 10.2. The Morgan fingerprint density at radius 2 is 1.71 bits per heavy atom. The monoisotopic (exact) mass is 302 g/mol. The van der Waals surface area contributed by atoms with Gasteiger partial charge in [-0.2, -0.15) is 4.98 Å². The second-order valence-electron chi connectivity index (χ2n) is 4.90. The molecule has 0 saturated heterocycles. The van der Waals surface area contributed by atoms with Crippen LogP contribution in [-0.4, -0.2) is 47.1 Å². The molecule has 0 radical (unpaired) electrons. The molecule has 0 saturated carbocycles. The lowest BCUT2D eigenvalue weighted by Gasteiger charge is -2.22. The lowest BCUT2D eigenvalue weighted by Crippen LogP contribution is -2.24. The summed E-state index contributed by atoms with van der Waals surface area (Å²) in [6.45, 7) is 6.09. The molecule has 3 aromatic rings. The Kier molecular flexibility index (Phi) is 3.59. The summed E-state index contributed by atoms with van der Waals surface area (Å²) < 4.78 is 1.06. The van der Waals surface area contributed by atoms with Crippen molar-refractivity contribution in [1.29, 1.82) is 0 Å². The average Bonchev–Trinajstić information content (AvgIpc) is 2.87. The predicted octanol–water partition coefficient (Wildman–Crippen LogP) is 2.55. The largest absolute Gasteiger partial charge is 0.356 e. The smallest absolute Gasteiger partial charge is 0.227 e. The van der Waals surface area contributed by atoms with Crippen molar-refractivity contribution in [3.8, 4) is 0 Å². The molecule has 3 heterocycles. The van der Waals surface area contributed by atoms with Crippen LogP contribution in [0.3, 0.4) is 0 Å². The first kappa shape index (κ1) is 13.9. The van der Waals surface area contributed by atoms with E-state index in [0.29, 0.717) is 5.95 Å². The van der Waals surface area contributed by atoms with Crippen molar-refractivity contribution < 1.29 is 0 Å². The quantitative estimate of drug-likeness (QED) is 0.738. The van der Waals surface area contributed by atoms with E-state index in [1.807, 2.05) is 19.0 Å². The summed E-state index contributed by atoms with van der Waals surface area (Å²) in [6.07, 6.45) is 3.43. The lowest BCUT2D eigenvalue weighted by atomic mass is 10.3. The van der Waals surface area contributed by atoms with Gasteiger partial charge in [-0.1, -0.05) is 0 Å². The molecule has 0 fully saturated rings. The normalized spacial score (nSPS) is 11.2. The molecule has 0 aliphatic heterocycles. The highest BCUT2D eigenvalue weighted by Gasteiger charge is 2.19. The second kappa shape index (κ2) is 5.40. The van der Waals surface area contributed by atoms with Gasteiger partial charge in [-0.15, -0.1) is 11.3 Å². The van der Waals surface area contributed by atoms with Crippen LogP contribution >= 0.6 is 11.3 Å². The highest BCUT2D eigenvalue weighted by atomic mass is 32.1. The third kappa shape index (κ3) is 2.27. The topological polar surface area (TPSA) is 58.0 Å². The van der Waals surface area contributed by atoms with Gasteiger partial charge in [0.25, 0.3) is 0 Å². The predicted molar refractivity (Wildman–Crippen MR) is 88.4 cm³/mol. The lowest BCUT2D eigenvalue weighted by molar-refractivity contribution is 0.845. The third-order valence-corrected chi connectivity index (χ3v) is 4.46. The van der Waals surface area contributed by atoms with Gasteiger partial charge in [0.2, 0.25) is 5.95 Å². The molecule has 0 aliphatic rings. The van der Waals surface area contributed by atoms with Crippen molar-refractivity contribution in [2.45, 2.75) is 13.8 Å². The number of nitrogens with zero attached hydrogens (tertiary/aromatic N) is 6. The van der Waals surface area contributed by atoms with E-state index in [9.17, 15) is 0 Å². The van der Waals surface area contributed by atoms with Gasteiger partial charge in [-0.05, 0) is 13.8 Å². The molecule has 0 bridgehead atoms. The number of rotatable bonds is 4. The highest BCUT2D eigenvalue weighted by Crippen LogP contribution is 2.36.